The van der Waals surface area contributed by atoms with Crippen LogP contribution in [0.1, 0.15) is 39.7 Å². The molecular formula is C14H23FO. The maximum absolute atomic E-state index is 13.4. The van der Waals surface area contributed by atoms with Gasteiger partial charge in [-0.05, 0) is 43.0 Å². The highest BCUT2D eigenvalue weighted by atomic mass is 19.1. The number of aryl methyl sites for hydroxylation is 1. The van der Waals surface area contributed by atoms with Gasteiger partial charge in [0.25, 0.3) is 0 Å². The fourth-order valence-corrected chi connectivity index (χ4v) is 2.02. The van der Waals surface area contributed by atoms with Gasteiger partial charge in [-0.2, -0.15) is 0 Å². The van der Waals surface area contributed by atoms with E-state index in [1.54, 1.807) is 13.2 Å². The fraction of sp³-hybridized carbons (Fsp3) is 0.571. The van der Waals surface area contributed by atoms with Crippen LogP contribution in [-0.4, -0.2) is 7.11 Å². The van der Waals surface area contributed by atoms with Crippen molar-refractivity contribution < 1.29 is 10.6 Å². The van der Waals surface area contributed by atoms with Gasteiger partial charge in [0, 0.05) is 8.54 Å². The maximum Gasteiger partial charge on any atom is 0.123 e. The topological polar surface area (TPSA) is 9.23 Å². The lowest BCUT2D eigenvalue weighted by Crippen LogP contribution is -2.32. The van der Waals surface area contributed by atoms with Crippen LogP contribution >= 0.6 is 0 Å². The molecule has 0 saturated heterocycles. The van der Waals surface area contributed by atoms with Crippen molar-refractivity contribution in [3.8, 4) is 0 Å². The lowest BCUT2D eigenvalue weighted by atomic mass is 9.81. The quantitative estimate of drug-likeness (QED) is 0.744. The first kappa shape index (κ1) is 13.2. The van der Waals surface area contributed by atoms with Crippen molar-refractivity contribution in [3.63, 3.8) is 0 Å². The van der Waals surface area contributed by atoms with Gasteiger partial charge in [0.15, 0.2) is 0 Å². The zero-order valence-electron chi connectivity index (χ0n) is 10.8. The summed E-state index contributed by atoms with van der Waals surface area (Å²) in [5.74, 6) is 0.153. The van der Waals surface area contributed by atoms with Gasteiger partial charge >= 0.3 is 0 Å². The molecule has 2 heteroatoms. The van der Waals surface area contributed by atoms with Gasteiger partial charge in [0.1, 0.15) is 5.82 Å². The highest BCUT2D eigenvalue weighted by Gasteiger charge is 2.32. The van der Waals surface area contributed by atoms with E-state index in [-0.39, 0.29) is 7.24 Å². The first-order valence-corrected chi connectivity index (χ1v) is 5.76. The molecule has 16 heavy (non-hydrogen) atoms. The summed E-state index contributed by atoms with van der Waals surface area (Å²) in [7, 11) is 1.69. The molecule has 0 spiro atoms. The van der Waals surface area contributed by atoms with E-state index in [9.17, 15) is 4.39 Å². The predicted octanol–water partition coefficient (Wildman–Crippen LogP) is 4.29. The number of rotatable bonds is 4. The lowest BCUT2D eigenvalue weighted by Gasteiger charge is -2.34. The van der Waals surface area contributed by atoms with Crippen molar-refractivity contribution >= 4 is 0 Å². The number of halogens is 1. The molecule has 0 N–H and O–H groups in total. The Morgan fingerprint density at radius 3 is 2.50 bits per heavy atom. The Hall–Kier alpha value is -0.890. The summed E-state index contributed by atoms with van der Waals surface area (Å²) in [5, 5.41) is 0. The largest absolute Gasteiger partial charge is 0.374 e. The molecule has 1 nitrogen and oxygen atoms in total. The average Bonchev–Trinajstić information content (AvgIpc) is 2.25. The molecule has 0 aliphatic heterocycles. The van der Waals surface area contributed by atoms with E-state index in [0.717, 1.165) is 17.5 Å². The molecule has 1 unspecified atom stereocenters. The maximum atomic E-state index is 13.4. The Kier molecular flexibility index (Phi) is 4.09. The number of methoxy groups -OCH3 is 1. The third-order valence-electron chi connectivity index (χ3n) is 3.59. The smallest absolute Gasteiger partial charge is 0.123 e. The number of hydrogen-bond donors (Lipinski definition) is 0. The normalized spacial score (nSPS) is 16.9. The molecule has 0 aromatic heterocycles. The predicted molar refractivity (Wildman–Crippen MR) is 67.1 cm³/mol. The Labute approximate surface area is 99.1 Å². The first-order chi connectivity index (χ1) is 7.43. The van der Waals surface area contributed by atoms with Gasteiger partial charge in [-0.25, -0.2) is 4.39 Å². The standard InChI is InChI=1S/C14H21FO.H2/c1-6-11(3)14(4,16-5)12-7-10(2)8-13(15)9-12;/h7-9,11H,6H2,1-5H3;1H/t11-,14?;/m1./s1. The summed E-state index contributed by atoms with van der Waals surface area (Å²) in [5.41, 5.74) is 1.44. The van der Waals surface area contributed by atoms with E-state index in [4.69, 9.17) is 4.74 Å². The van der Waals surface area contributed by atoms with Crippen LogP contribution < -0.4 is 0 Å². The molecule has 0 saturated carbocycles. The van der Waals surface area contributed by atoms with Crippen molar-refractivity contribution in [1.29, 1.82) is 0 Å². The van der Waals surface area contributed by atoms with Crippen LogP contribution in [-0.2, 0) is 10.3 Å². The summed E-state index contributed by atoms with van der Waals surface area (Å²) < 4.78 is 19.0. The molecule has 0 bridgehead atoms. The highest BCUT2D eigenvalue weighted by molar-refractivity contribution is 5.28. The first-order valence-electron chi connectivity index (χ1n) is 5.76. The monoisotopic (exact) mass is 226 g/mol. The van der Waals surface area contributed by atoms with Gasteiger partial charge in [-0.3, -0.25) is 0 Å². The number of hydrogen-bond acceptors (Lipinski definition) is 1. The Bertz CT molecular complexity index is 347. The number of benzene rings is 1. The third kappa shape index (κ3) is 2.43. The second kappa shape index (κ2) is 4.96. The van der Waals surface area contributed by atoms with Gasteiger partial charge in [0.05, 0.1) is 5.60 Å². The molecule has 0 heterocycles. The van der Waals surface area contributed by atoms with E-state index in [0.29, 0.717) is 5.92 Å². The minimum Gasteiger partial charge on any atom is -0.374 e. The lowest BCUT2D eigenvalue weighted by molar-refractivity contribution is -0.0446. The third-order valence-corrected chi connectivity index (χ3v) is 3.59. The zero-order valence-corrected chi connectivity index (χ0v) is 10.8. The molecular weight excluding hydrogens is 203 g/mol. The van der Waals surface area contributed by atoms with Gasteiger partial charge < -0.3 is 4.74 Å². The zero-order chi connectivity index (χ0) is 12.3. The van der Waals surface area contributed by atoms with E-state index in [2.05, 4.69) is 13.8 Å². The van der Waals surface area contributed by atoms with Gasteiger partial charge in [-0.1, -0.05) is 26.3 Å². The van der Waals surface area contributed by atoms with E-state index in [1.807, 2.05) is 19.9 Å². The second-order valence-corrected chi connectivity index (χ2v) is 4.64. The van der Waals surface area contributed by atoms with Crippen LogP contribution in [0.5, 0.6) is 0 Å². The van der Waals surface area contributed by atoms with E-state index in [1.165, 1.54) is 6.07 Å². The summed E-state index contributed by atoms with van der Waals surface area (Å²) >= 11 is 0. The van der Waals surface area contributed by atoms with Crippen molar-refractivity contribution in [3.05, 3.63) is 35.1 Å². The SMILES string of the molecule is CC[C@@H](C)C(C)(OC)c1cc(C)cc(F)c1.[HH]. The molecule has 0 aliphatic carbocycles. The summed E-state index contributed by atoms with van der Waals surface area (Å²) in [6.07, 6.45) is 1.000. The summed E-state index contributed by atoms with van der Waals surface area (Å²) in [6.45, 7) is 8.17. The van der Waals surface area contributed by atoms with Crippen molar-refractivity contribution in [1.82, 2.24) is 0 Å². The van der Waals surface area contributed by atoms with Crippen LogP contribution in [0.4, 0.5) is 4.39 Å². The molecule has 0 aliphatic rings. The van der Waals surface area contributed by atoms with Crippen molar-refractivity contribution in [2.24, 2.45) is 5.92 Å². The molecule has 0 fully saturated rings. The van der Waals surface area contributed by atoms with Crippen LogP contribution in [0.2, 0.25) is 0 Å². The minimum atomic E-state index is -0.415. The number of ether oxygens (including phenoxy) is 1. The molecule has 0 radical (unpaired) electrons. The molecule has 1 aromatic rings. The van der Waals surface area contributed by atoms with Crippen LogP contribution in [0, 0.1) is 18.7 Å². The summed E-state index contributed by atoms with van der Waals surface area (Å²) in [6, 6.07) is 5.11. The van der Waals surface area contributed by atoms with Crippen molar-refractivity contribution in [2.75, 3.05) is 7.11 Å². The second-order valence-electron chi connectivity index (χ2n) is 4.64. The van der Waals surface area contributed by atoms with Crippen LogP contribution in [0.3, 0.4) is 0 Å². The van der Waals surface area contributed by atoms with E-state index < -0.39 is 5.60 Å². The Morgan fingerprint density at radius 1 is 1.44 bits per heavy atom. The molecule has 2 atom stereocenters. The molecule has 1 aromatic carbocycles. The van der Waals surface area contributed by atoms with Crippen LogP contribution in [0.25, 0.3) is 0 Å². The van der Waals surface area contributed by atoms with Crippen LogP contribution in [0.15, 0.2) is 18.2 Å². The Morgan fingerprint density at radius 2 is 2.06 bits per heavy atom. The summed E-state index contributed by atoms with van der Waals surface area (Å²) in [4.78, 5) is 0. The average molecular weight is 226 g/mol. The highest BCUT2D eigenvalue weighted by Crippen LogP contribution is 2.35. The molecule has 1 rings (SSSR count). The van der Waals surface area contributed by atoms with Gasteiger partial charge in [0.2, 0.25) is 0 Å². The fourth-order valence-electron chi connectivity index (χ4n) is 2.02. The van der Waals surface area contributed by atoms with Gasteiger partial charge in [-0.15, -0.1) is 0 Å². The minimum absolute atomic E-state index is 0. The van der Waals surface area contributed by atoms with E-state index >= 15 is 0 Å². The molecule has 92 valence electrons. The molecule has 0 amide bonds. The Balaban J connectivity index is 0.00000256. The van der Waals surface area contributed by atoms with Crippen molar-refractivity contribution in [2.45, 2.75) is 39.7 Å².